The van der Waals surface area contributed by atoms with E-state index in [1.807, 2.05) is 20.8 Å². The zero-order chi connectivity index (χ0) is 14.5. The molecule has 1 unspecified atom stereocenters. The predicted molar refractivity (Wildman–Crippen MR) is 70.5 cm³/mol. The summed E-state index contributed by atoms with van der Waals surface area (Å²) in [6, 6.07) is 1.41. The molecule has 1 aromatic heterocycles. The molecule has 1 amide bonds. The van der Waals surface area contributed by atoms with E-state index in [1.54, 1.807) is 23.1 Å². The van der Waals surface area contributed by atoms with Crippen LogP contribution in [0.25, 0.3) is 0 Å². The van der Waals surface area contributed by atoms with Gasteiger partial charge in [-0.15, -0.1) is 0 Å². The summed E-state index contributed by atoms with van der Waals surface area (Å²) in [5.41, 5.74) is -0.292. The Kier molecular flexibility index (Phi) is 5.09. The molecular formula is C13H21N3O3. The monoisotopic (exact) mass is 267 g/mol. The molecule has 6 nitrogen and oxygen atoms in total. The van der Waals surface area contributed by atoms with E-state index in [9.17, 15) is 9.59 Å². The van der Waals surface area contributed by atoms with Crippen molar-refractivity contribution in [3.63, 3.8) is 0 Å². The second kappa shape index (κ2) is 6.36. The van der Waals surface area contributed by atoms with Crippen LogP contribution in [-0.2, 0) is 16.1 Å². The number of aromatic nitrogens is 2. The van der Waals surface area contributed by atoms with E-state index >= 15 is 0 Å². The fourth-order valence-electron chi connectivity index (χ4n) is 1.66. The number of amides is 1. The van der Waals surface area contributed by atoms with Crippen LogP contribution in [0.1, 0.15) is 33.6 Å². The number of hydrogen-bond acceptors (Lipinski definition) is 3. The number of aliphatic carboxylic acids is 1. The molecule has 0 saturated carbocycles. The van der Waals surface area contributed by atoms with Gasteiger partial charge in [-0.1, -0.05) is 20.8 Å². The number of carbonyl (C=O) groups excluding carboxylic acids is 1. The van der Waals surface area contributed by atoms with Crippen LogP contribution < -0.4 is 5.32 Å². The molecule has 1 heterocycles. The SMILES string of the molecule is CC(C)(C)C(CC(=O)O)NC(=O)CCn1cccn1. The van der Waals surface area contributed by atoms with Gasteiger partial charge in [0.05, 0.1) is 6.42 Å². The minimum absolute atomic E-state index is 0.0724. The summed E-state index contributed by atoms with van der Waals surface area (Å²) in [4.78, 5) is 22.6. The molecule has 0 aromatic carbocycles. The van der Waals surface area contributed by atoms with Crippen LogP contribution in [-0.4, -0.2) is 32.8 Å². The maximum absolute atomic E-state index is 11.8. The molecule has 1 atom stereocenters. The normalized spacial score (nSPS) is 13.0. The minimum Gasteiger partial charge on any atom is -0.481 e. The highest BCUT2D eigenvalue weighted by atomic mass is 16.4. The topological polar surface area (TPSA) is 84.2 Å². The fraction of sp³-hybridized carbons (Fsp3) is 0.615. The minimum atomic E-state index is -0.910. The highest BCUT2D eigenvalue weighted by Gasteiger charge is 2.28. The zero-order valence-electron chi connectivity index (χ0n) is 11.6. The van der Waals surface area contributed by atoms with Gasteiger partial charge in [-0.2, -0.15) is 5.10 Å². The van der Waals surface area contributed by atoms with Gasteiger partial charge in [0.15, 0.2) is 0 Å². The molecular weight excluding hydrogens is 246 g/mol. The number of rotatable bonds is 6. The first kappa shape index (κ1) is 15.2. The molecule has 19 heavy (non-hydrogen) atoms. The number of nitrogens with zero attached hydrogens (tertiary/aromatic N) is 2. The summed E-state index contributed by atoms with van der Waals surface area (Å²) in [5, 5.41) is 15.7. The molecule has 0 spiro atoms. The number of aryl methyl sites for hydroxylation is 1. The average molecular weight is 267 g/mol. The summed E-state index contributed by atoms with van der Waals surface area (Å²) in [6.45, 7) is 6.22. The van der Waals surface area contributed by atoms with Crippen molar-refractivity contribution in [2.45, 2.75) is 46.2 Å². The summed E-state index contributed by atoms with van der Waals surface area (Å²) in [6.07, 6.45) is 3.65. The highest BCUT2D eigenvalue weighted by Crippen LogP contribution is 2.21. The Hall–Kier alpha value is -1.85. The summed E-state index contributed by atoms with van der Waals surface area (Å²) < 4.78 is 1.67. The number of carboxylic acids is 1. The van der Waals surface area contributed by atoms with E-state index in [2.05, 4.69) is 10.4 Å². The Bertz CT molecular complexity index is 421. The van der Waals surface area contributed by atoms with Crippen LogP contribution in [0, 0.1) is 5.41 Å². The fourth-order valence-corrected chi connectivity index (χ4v) is 1.66. The first-order chi connectivity index (χ1) is 8.79. The van der Waals surface area contributed by atoms with E-state index in [4.69, 9.17) is 5.11 Å². The van der Waals surface area contributed by atoms with Crippen LogP contribution in [0.4, 0.5) is 0 Å². The molecule has 0 fully saturated rings. The van der Waals surface area contributed by atoms with Crippen molar-refractivity contribution in [3.05, 3.63) is 18.5 Å². The van der Waals surface area contributed by atoms with Crippen molar-refractivity contribution in [1.82, 2.24) is 15.1 Å². The predicted octanol–water partition coefficient (Wildman–Crippen LogP) is 1.28. The third kappa shape index (κ3) is 5.54. The van der Waals surface area contributed by atoms with Gasteiger partial charge in [-0.05, 0) is 11.5 Å². The van der Waals surface area contributed by atoms with E-state index < -0.39 is 5.97 Å². The van der Waals surface area contributed by atoms with Crippen molar-refractivity contribution in [2.75, 3.05) is 0 Å². The van der Waals surface area contributed by atoms with Crippen molar-refractivity contribution >= 4 is 11.9 Å². The Labute approximate surface area is 112 Å². The van der Waals surface area contributed by atoms with Gasteiger partial charge in [0.1, 0.15) is 0 Å². The lowest BCUT2D eigenvalue weighted by molar-refractivity contribution is -0.138. The molecule has 1 aromatic rings. The molecule has 0 aliphatic rings. The summed E-state index contributed by atoms with van der Waals surface area (Å²) in [5.74, 6) is -1.07. The molecule has 0 aliphatic heterocycles. The lowest BCUT2D eigenvalue weighted by Gasteiger charge is -2.30. The van der Waals surface area contributed by atoms with Crippen molar-refractivity contribution in [2.24, 2.45) is 5.41 Å². The van der Waals surface area contributed by atoms with Gasteiger partial charge < -0.3 is 10.4 Å². The average Bonchev–Trinajstić information content (AvgIpc) is 2.76. The standard InChI is InChI=1S/C13H21N3O3/c1-13(2,3)10(9-12(18)19)15-11(17)5-8-16-7-4-6-14-16/h4,6-7,10H,5,8-9H2,1-3H3,(H,15,17)(H,18,19). The Morgan fingerprint density at radius 3 is 2.58 bits per heavy atom. The van der Waals surface area contributed by atoms with E-state index in [0.717, 1.165) is 0 Å². The number of carboxylic acid groups (broad SMARTS) is 1. The van der Waals surface area contributed by atoms with Gasteiger partial charge in [0.25, 0.3) is 0 Å². The summed E-state index contributed by atoms with van der Waals surface area (Å²) in [7, 11) is 0. The van der Waals surface area contributed by atoms with Gasteiger partial charge in [0.2, 0.25) is 5.91 Å². The van der Waals surface area contributed by atoms with Crippen molar-refractivity contribution in [3.8, 4) is 0 Å². The molecule has 6 heteroatoms. The lowest BCUT2D eigenvalue weighted by Crippen LogP contribution is -2.45. The van der Waals surface area contributed by atoms with Crippen molar-refractivity contribution < 1.29 is 14.7 Å². The number of nitrogens with one attached hydrogen (secondary N) is 1. The molecule has 0 bridgehead atoms. The van der Waals surface area contributed by atoms with Crippen molar-refractivity contribution in [1.29, 1.82) is 0 Å². The van der Waals surface area contributed by atoms with E-state index in [0.29, 0.717) is 6.54 Å². The molecule has 106 valence electrons. The molecule has 2 N–H and O–H groups in total. The number of hydrogen-bond donors (Lipinski definition) is 2. The maximum atomic E-state index is 11.8. The smallest absolute Gasteiger partial charge is 0.305 e. The first-order valence-corrected chi connectivity index (χ1v) is 6.27. The van der Waals surface area contributed by atoms with E-state index in [1.165, 1.54) is 0 Å². The van der Waals surface area contributed by atoms with Gasteiger partial charge in [-0.25, -0.2) is 0 Å². The summed E-state index contributed by atoms with van der Waals surface area (Å²) >= 11 is 0. The third-order valence-corrected chi connectivity index (χ3v) is 2.89. The molecule has 0 saturated heterocycles. The van der Waals surface area contributed by atoms with Gasteiger partial charge >= 0.3 is 5.97 Å². The zero-order valence-corrected chi connectivity index (χ0v) is 11.6. The van der Waals surface area contributed by atoms with Crippen LogP contribution in [0.2, 0.25) is 0 Å². The second-order valence-electron chi connectivity index (χ2n) is 5.60. The molecule has 0 aliphatic carbocycles. The lowest BCUT2D eigenvalue weighted by atomic mass is 9.84. The first-order valence-electron chi connectivity index (χ1n) is 6.27. The Balaban J connectivity index is 2.49. The molecule has 0 radical (unpaired) electrons. The Morgan fingerprint density at radius 1 is 1.42 bits per heavy atom. The van der Waals surface area contributed by atoms with Crippen LogP contribution >= 0.6 is 0 Å². The molecule has 1 rings (SSSR count). The largest absolute Gasteiger partial charge is 0.481 e. The highest BCUT2D eigenvalue weighted by molar-refractivity contribution is 5.77. The third-order valence-electron chi connectivity index (χ3n) is 2.89. The maximum Gasteiger partial charge on any atom is 0.305 e. The number of carbonyl (C=O) groups is 2. The second-order valence-corrected chi connectivity index (χ2v) is 5.60. The van der Waals surface area contributed by atoms with Gasteiger partial charge in [0, 0.05) is 31.4 Å². The van der Waals surface area contributed by atoms with Crippen LogP contribution in [0.3, 0.4) is 0 Å². The van der Waals surface area contributed by atoms with E-state index in [-0.39, 0.29) is 30.2 Å². The Morgan fingerprint density at radius 2 is 2.11 bits per heavy atom. The van der Waals surface area contributed by atoms with Gasteiger partial charge in [-0.3, -0.25) is 14.3 Å². The quantitative estimate of drug-likeness (QED) is 0.813. The van der Waals surface area contributed by atoms with Crippen LogP contribution in [0.15, 0.2) is 18.5 Å². The van der Waals surface area contributed by atoms with Crippen LogP contribution in [0.5, 0.6) is 0 Å².